The molecule has 2 heterocycles. The molecule has 2 aromatic rings. The van der Waals surface area contributed by atoms with Crippen LogP contribution in [0.3, 0.4) is 0 Å². The van der Waals surface area contributed by atoms with Crippen LogP contribution in [0.15, 0.2) is 75.7 Å². The number of carboxylic acid groups (broad SMARTS) is 1. The number of carbonyl (C=O) groups is 1. The lowest BCUT2D eigenvalue weighted by Crippen LogP contribution is -2.49. The molecule has 5 aliphatic carbocycles. The van der Waals surface area contributed by atoms with Crippen LogP contribution in [0.4, 0.5) is 4.39 Å². The van der Waals surface area contributed by atoms with Gasteiger partial charge in [0.1, 0.15) is 5.82 Å². The summed E-state index contributed by atoms with van der Waals surface area (Å²) < 4.78 is 43.8. The van der Waals surface area contributed by atoms with E-state index in [0.717, 1.165) is 71.6 Å². The third-order valence-corrected chi connectivity index (χ3v) is 16.4. The molecule has 0 unspecified atom stereocenters. The number of nitrogens with one attached hydrogen (secondary N) is 1. The Balaban J connectivity index is 0.000000160. The van der Waals surface area contributed by atoms with Crippen LogP contribution in [-0.2, 0) is 19.4 Å². The molecule has 2 saturated carbocycles. The van der Waals surface area contributed by atoms with Gasteiger partial charge >= 0.3 is 5.97 Å². The first-order valence-electron chi connectivity index (χ1n) is 20.7. The zero-order chi connectivity index (χ0) is 39.9. The van der Waals surface area contributed by atoms with Crippen molar-refractivity contribution in [2.75, 3.05) is 12.8 Å². The molecular weight excluding hydrogens is 726 g/mol. The van der Waals surface area contributed by atoms with Gasteiger partial charge in [-0.25, -0.2) is 12.8 Å². The Bertz CT molecular complexity index is 2170. The van der Waals surface area contributed by atoms with Gasteiger partial charge in [-0.15, -0.1) is 0 Å². The third-order valence-electron chi connectivity index (χ3n) is 15.3. The fraction of sp³-hybridized carbons (Fsp3) is 0.553. The molecule has 300 valence electrons. The summed E-state index contributed by atoms with van der Waals surface area (Å²) in [6, 6.07) is 11.3. The molecule has 4 fully saturated rings. The first kappa shape index (κ1) is 39.5. The Kier molecular flexibility index (Phi) is 10.2. The summed E-state index contributed by atoms with van der Waals surface area (Å²) in [5.74, 6) is 2.25. The highest BCUT2D eigenvalue weighted by atomic mass is 32.2. The molecule has 7 aliphatic rings. The number of fused-ring (bicyclic) bond motifs is 7. The summed E-state index contributed by atoms with van der Waals surface area (Å²) in [7, 11) is -3.27. The number of hydrogen-bond donors (Lipinski definition) is 3. The molecule has 9 rings (SSSR count). The first-order valence-corrected chi connectivity index (χ1v) is 22.6. The van der Waals surface area contributed by atoms with Gasteiger partial charge in [0.2, 0.25) is 0 Å². The number of allylic oxidation sites excluding steroid dienone is 4. The summed E-state index contributed by atoms with van der Waals surface area (Å²) in [6.07, 6.45) is 15.0. The van der Waals surface area contributed by atoms with Gasteiger partial charge in [-0.05, 0) is 170 Å². The van der Waals surface area contributed by atoms with Gasteiger partial charge in [-0.2, -0.15) is 0 Å². The van der Waals surface area contributed by atoms with Crippen molar-refractivity contribution in [3.8, 4) is 0 Å². The molecule has 0 bridgehead atoms. The fourth-order valence-corrected chi connectivity index (χ4v) is 12.8. The van der Waals surface area contributed by atoms with E-state index < -0.39 is 21.6 Å². The summed E-state index contributed by atoms with van der Waals surface area (Å²) >= 11 is 0. The van der Waals surface area contributed by atoms with Crippen molar-refractivity contribution < 1.29 is 32.6 Å². The number of hydrogen-bond acceptors (Lipinski definition) is 6. The maximum Gasteiger partial charge on any atom is 0.307 e. The molecule has 2 saturated heterocycles. The summed E-state index contributed by atoms with van der Waals surface area (Å²) in [5, 5.41) is 23.3. The van der Waals surface area contributed by atoms with Crippen molar-refractivity contribution in [2.24, 2.45) is 35.0 Å². The predicted molar refractivity (Wildman–Crippen MR) is 219 cm³/mol. The van der Waals surface area contributed by atoms with Gasteiger partial charge in [0.15, 0.2) is 9.84 Å². The predicted octanol–water partition coefficient (Wildman–Crippen LogP) is 9.03. The van der Waals surface area contributed by atoms with E-state index in [1.54, 1.807) is 34.9 Å². The quantitative estimate of drug-likeness (QED) is 0.266. The smallest absolute Gasteiger partial charge is 0.307 e. The van der Waals surface area contributed by atoms with Crippen LogP contribution in [0.5, 0.6) is 0 Å². The number of ether oxygens (including phenoxy) is 1. The Hall–Kier alpha value is -3.37. The van der Waals surface area contributed by atoms with Crippen LogP contribution in [0.1, 0.15) is 109 Å². The topological polar surface area (TPSA) is 113 Å². The van der Waals surface area contributed by atoms with Crippen molar-refractivity contribution in [1.82, 2.24) is 5.32 Å². The first-order chi connectivity index (χ1) is 26.5. The zero-order valence-electron chi connectivity index (χ0n) is 33.7. The van der Waals surface area contributed by atoms with Gasteiger partial charge in [0.25, 0.3) is 0 Å². The molecule has 2 aromatic carbocycles. The van der Waals surface area contributed by atoms with Crippen molar-refractivity contribution in [1.29, 1.82) is 0 Å². The van der Waals surface area contributed by atoms with Gasteiger partial charge in [0, 0.05) is 18.2 Å². The lowest BCUT2D eigenvalue weighted by molar-refractivity contribution is -0.135. The molecule has 3 N–H and O–H groups in total. The highest BCUT2D eigenvalue weighted by Crippen LogP contribution is 2.65. The average Bonchev–Trinajstić information content (AvgIpc) is 3.75. The minimum Gasteiger partial charge on any atom is -0.481 e. The number of aliphatic hydroxyl groups is 1. The molecule has 0 radical (unpaired) electrons. The number of halogens is 1. The second-order valence-corrected chi connectivity index (χ2v) is 20.4. The molecule has 10 atom stereocenters. The SMILES string of the molecule is CC1=C(CC(=O)O)c2cc(F)ccc2/C1=C\c1ccc(S(C)(=O)=O)cc1.CC1=C2C[C@H]3[C@@H](CC=C4C[C@@H](O)CC[C@@]43C)[C@@H]2CC[C@]12O[C@@H]1C[C@H](C)CN[C@H]1[C@H]2C. The Morgan fingerprint density at radius 2 is 1.80 bits per heavy atom. The Morgan fingerprint density at radius 1 is 1.05 bits per heavy atom. The lowest BCUT2D eigenvalue weighted by atomic mass is 9.56. The average molecular weight is 784 g/mol. The van der Waals surface area contributed by atoms with E-state index in [4.69, 9.17) is 9.84 Å². The fourth-order valence-electron chi connectivity index (χ4n) is 12.2. The minimum atomic E-state index is -3.27. The summed E-state index contributed by atoms with van der Waals surface area (Å²) in [5.41, 5.74) is 9.56. The van der Waals surface area contributed by atoms with Gasteiger partial charge < -0.3 is 20.3 Å². The number of benzene rings is 2. The second-order valence-electron chi connectivity index (χ2n) is 18.4. The van der Waals surface area contributed by atoms with Gasteiger partial charge in [0.05, 0.1) is 29.1 Å². The molecule has 0 amide bonds. The van der Waals surface area contributed by atoms with Crippen LogP contribution in [-0.4, -0.2) is 61.3 Å². The minimum absolute atomic E-state index is 0.0222. The molecular formula is C47H58FNO6S. The van der Waals surface area contributed by atoms with Crippen molar-refractivity contribution >= 4 is 33.0 Å². The van der Waals surface area contributed by atoms with E-state index in [9.17, 15) is 22.7 Å². The van der Waals surface area contributed by atoms with Crippen molar-refractivity contribution in [3.63, 3.8) is 0 Å². The van der Waals surface area contributed by atoms with Crippen LogP contribution in [0.25, 0.3) is 17.2 Å². The van der Waals surface area contributed by atoms with E-state index in [0.29, 0.717) is 34.6 Å². The number of sulfone groups is 1. The standard InChI is InChI=1S/C27H41NO2.C20H17FO4S/c1-15-11-24-25(28-14-15)17(3)27(30-24)10-8-20-21-6-5-18-12-19(29)7-9-26(18,4)23(21)13-22(20)16(27)2;1-12-17(9-13-3-6-15(7-4-13)26(2,24)25)16-8-5-14(21)10-19(16)18(12)11-20(22)23/h5,15,17,19-21,23-25,28-29H,6-14H2,1-4H3;3-10H,11H2,1-2H3,(H,22,23)/b;17-9-/t15-,17+,19-,20-,21-,23-,24+,25-,26-,27-;/m0./s1. The van der Waals surface area contributed by atoms with Crippen LogP contribution < -0.4 is 5.32 Å². The maximum atomic E-state index is 13.7. The Labute approximate surface area is 332 Å². The highest BCUT2D eigenvalue weighted by molar-refractivity contribution is 7.90. The van der Waals surface area contributed by atoms with E-state index in [-0.39, 0.29) is 23.0 Å². The molecule has 2 aliphatic heterocycles. The van der Waals surface area contributed by atoms with Crippen LogP contribution in [0, 0.1) is 40.8 Å². The van der Waals surface area contributed by atoms with E-state index >= 15 is 0 Å². The van der Waals surface area contributed by atoms with Crippen molar-refractivity contribution in [2.45, 2.75) is 121 Å². The highest BCUT2D eigenvalue weighted by Gasteiger charge is 2.60. The molecule has 7 nitrogen and oxygen atoms in total. The number of carboxylic acids is 1. The second kappa shape index (κ2) is 14.5. The van der Waals surface area contributed by atoms with Gasteiger partial charge in [-0.3, -0.25) is 4.79 Å². The van der Waals surface area contributed by atoms with Crippen LogP contribution in [0.2, 0.25) is 0 Å². The molecule has 0 aromatic heterocycles. The van der Waals surface area contributed by atoms with E-state index in [1.807, 2.05) is 13.0 Å². The number of aliphatic hydroxyl groups excluding tert-OH is 1. The summed E-state index contributed by atoms with van der Waals surface area (Å²) in [4.78, 5) is 11.4. The Morgan fingerprint density at radius 3 is 2.52 bits per heavy atom. The monoisotopic (exact) mass is 783 g/mol. The maximum absolute atomic E-state index is 13.7. The largest absolute Gasteiger partial charge is 0.481 e. The van der Waals surface area contributed by atoms with E-state index in [1.165, 1.54) is 62.8 Å². The molecule has 1 spiro atoms. The number of rotatable bonds is 4. The van der Waals surface area contributed by atoms with Gasteiger partial charge in [-0.1, -0.05) is 56.2 Å². The molecule has 56 heavy (non-hydrogen) atoms. The van der Waals surface area contributed by atoms with E-state index in [2.05, 4.69) is 39.1 Å². The van der Waals surface area contributed by atoms with Crippen LogP contribution >= 0.6 is 0 Å². The number of piperidine rings is 1. The van der Waals surface area contributed by atoms with Crippen molar-refractivity contribution in [3.05, 3.63) is 93.3 Å². The lowest BCUT2D eigenvalue weighted by Gasteiger charge is -2.49. The normalized spacial score (nSPS) is 36.6. The number of aliphatic carboxylic acids is 1. The zero-order valence-corrected chi connectivity index (χ0v) is 34.5. The summed E-state index contributed by atoms with van der Waals surface area (Å²) in [6.45, 7) is 12.7. The third kappa shape index (κ3) is 6.68. The molecule has 9 heteroatoms.